The monoisotopic (exact) mass is 388 g/mol. The average molecular weight is 389 g/mol. The fraction of sp³-hybridized carbons (Fsp3) is 0.368. The Balaban J connectivity index is 2.00. The molecule has 0 amide bonds. The van der Waals surface area contributed by atoms with Crippen molar-refractivity contribution in [2.24, 2.45) is 4.99 Å². The van der Waals surface area contributed by atoms with Crippen LogP contribution in [0, 0.1) is 6.92 Å². The maximum atomic E-state index is 4.70. The predicted octanol–water partition coefficient (Wildman–Crippen LogP) is 4.01. The summed E-state index contributed by atoms with van der Waals surface area (Å²) in [6.07, 6.45) is 4.65. The molecule has 0 radical (unpaired) electrons. The van der Waals surface area contributed by atoms with Crippen LogP contribution in [-0.4, -0.2) is 24.0 Å². The van der Waals surface area contributed by atoms with Crippen LogP contribution in [0.15, 0.2) is 52.2 Å². The lowest BCUT2D eigenvalue weighted by Crippen LogP contribution is -2.39. The Morgan fingerprint density at radius 3 is 2.79 bits per heavy atom. The van der Waals surface area contributed by atoms with E-state index in [1.54, 1.807) is 0 Å². The molecule has 5 heteroatoms. The minimum atomic E-state index is 0.168. The largest absolute Gasteiger partial charge is 0.357 e. The van der Waals surface area contributed by atoms with Gasteiger partial charge in [0, 0.05) is 30.0 Å². The molecule has 128 valence electrons. The zero-order chi connectivity index (χ0) is 17.4. The van der Waals surface area contributed by atoms with Gasteiger partial charge in [0.2, 0.25) is 0 Å². The van der Waals surface area contributed by atoms with Crippen LogP contribution >= 0.6 is 15.9 Å². The number of aliphatic imine (C=N–C) groups is 1. The quantitative estimate of drug-likeness (QED) is 0.580. The van der Waals surface area contributed by atoms with Gasteiger partial charge in [0.25, 0.3) is 0 Å². The zero-order valence-corrected chi connectivity index (χ0v) is 16.1. The van der Waals surface area contributed by atoms with E-state index in [2.05, 4.69) is 76.6 Å². The lowest BCUT2D eigenvalue weighted by molar-refractivity contribution is 0.683. The lowest BCUT2D eigenvalue weighted by Gasteiger charge is -2.19. The summed E-state index contributed by atoms with van der Waals surface area (Å²) in [5.74, 6) is 0.840. The van der Waals surface area contributed by atoms with Gasteiger partial charge in [-0.1, -0.05) is 34.1 Å². The van der Waals surface area contributed by atoms with Crippen molar-refractivity contribution < 1.29 is 0 Å². The zero-order valence-electron chi connectivity index (χ0n) is 14.5. The summed E-state index contributed by atoms with van der Waals surface area (Å²) in [6.45, 7) is 7.88. The molecule has 4 nitrogen and oxygen atoms in total. The molecule has 0 fully saturated rings. The summed E-state index contributed by atoms with van der Waals surface area (Å²) in [5, 5.41) is 6.79. The van der Waals surface area contributed by atoms with Crippen LogP contribution in [0.25, 0.3) is 0 Å². The second kappa shape index (κ2) is 9.42. The van der Waals surface area contributed by atoms with Gasteiger partial charge in [0.1, 0.15) is 0 Å². The Kier molecular flexibility index (Phi) is 7.25. The van der Waals surface area contributed by atoms with Crippen LogP contribution in [0.2, 0.25) is 0 Å². The van der Waals surface area contributed by atoms with Crippen LogP contribution in [0.3, 0.4) is 0 Å². The van der Waals surface area contributed by atoms with Crippen molar-refractivity contribution in [2.45, 2.75) is 33.2 Å². The summed E-state index contributed by atoms with van der Waals surface area (Å²) in [7, 11) is 0. The molecule has 1 unspecified atom stereocenters. The van der Waals surface area contributed by atoms with Crippen molar-refractivity contribution in [1.82, 2.24) is 15.6 Å². The Morgan fingerprint density at radius 2 is 2.08 bits per heavy atom. The van der Waals surface area contributed by atoms with E-state index in [-0.39, 0.29) is 6.04 Å². The Hall–Kier alpha value is -1.88. The summed E-state index contributed by atoms with van der Waals surface area (Å²) in [6, 6.07) is 10.5. The van der Waals surface area contributed by atoms with E-state index < -0.39 is 0 Å². The van der Waals surface area contributed by atoms with Crippen molar-refractivity contribution in [1.29, 1.82) is 0 Å². The molecule has 0 aliphatic carbocycles. The third kappa shape index (κ3) is 5.34. The number of rotatable bonds is 6. The lowest BCUT2D eigenvalue weighted by atomic mass is 10.1. The van der Waals surface area contributed by atoms with Crippen LogP contribution in [0.4, 0.5) is 0 Å². The van der Waals surface area contributed by atoms with Gasteiger partial charge >= 0.3 is 0 Å². The number of pyridine rings is 1. The van der Waals surface area contributed by atoms with E-state index in [1.165, 1.54) is 16.7 Å². The number of hydrogen-bond donors (Lipinski definition) is 2. The van der Waals surface area contributed by atoms with Gasteiger partial charge < -0.3 is 10.6 Å². The fourth-order valence-corrected chi connectivity index (χ4v) is 3.13. The molecule has 1 aromatic carbocycles. The van der Waals surface area contributed by atoms with E-state index >= 15 is 0 Å². The number of nitrogens with one attached hydrogen (secondary N) is 2. The van der Waals surface area contributed by atoms with Gasteiger partial charge in [-0.2, -0.15) is 0 Å². The Morgan fingerprint density at radius 1 is 1.29 bits per heavy atom. The number of nitrogens with zero attached hydrogens (tertiary/aromatic N) is 2. The van der Waals surface area contributed by atoms with Crippen molar-refractivity contribution in [3.63, 3.8) is 0 Å². The standard InChI is InChI=1S/C19H25BrN4/c1-4-22-19(23-12-10-16-9-11-21-13-14(16)2)24-15(3)17-7-5-6-8-18(17)20/h5-9,11,13,15H,4,10,12H2,1-3H3,(H2,22,23,24). The average Bonchev–Trinajstić information content (AvgIpc) is 2.57. The fourth-order valence-electron chi connectivity index (χ4n) is 2.50. The first-order valence-electron chi connectivity index (χ1n) is 8.30. The molecule has 1 heterocycles. The van der Waals surface area contributed by atoms with Crippen molar-refractivity contribution in [3.8, 4) is 0 Å². The smallest absolute Gasteiger partial charge is 0.191 e. The van der Waals surface area contributed by atoms with E-state index in [1.807, 2.05) is 18.5 Å². The van der Waals surface area contributed by atoms with E-state index in [0.29, 0.717) is 0 Å². The van der Waals surface area contributed by atoms with E-state index in [4.69, 9.17) is 4.99 Å². The Labute approximate surface area is 152 Å². The Bertz CT molecular complexity index is 685. The highest BCUT2D eigenvalue weighted by Gasteiger charge is 2.10. The molecule has 0 bridgehead atoms. The molecule has 1 atom stereocenters. The second-order valence-electron chi connectivity index (χ2n) is 5.70. The molecular formula is C19H25BrN4. The number of benzene rings is 1. The first-order valence-corrected chi connectivity index (χ1v) is 9.10. The first-order chi connectivity index (χ1) is 11.6. The maximum absolute atomic E-state index is 4.70. The minimum absolute atomic E-state index is 0.168. The SMILES string of the molecule is CCNC(=NCCc1ccncc1C)NC(C)c1ccccc1Br. The molecular weight excluding hydrogens is 364 g/mol. The molecule has 0 aliphatic rings. The van der Waals surface area contributed by atoms with Crippen molar-refractivity contribution in [2.75, 3.05) is 13.1 Å². The van der Waals surface area contributed by atoms with Gasteiger partial charge in [-0.25, -0.2) is 0 Å². The first kappa shape index (κ1) is 18.5. The summed E-state index contributed by atoms with van der Waals surface area (Å²) >= 11 is 3.61. The number of halogens is 1. The molecule has 0 saturated carbocycles. The van der Waals surface area contributed by atoms with Crippen molar-refractivity contribution in [3.05, 3.63) is 63.9 Å². The molecule has 2 N–H and O–H groups in total. The van der Waals surface area contributed by atoms with Gasteiger partial charge in [-0.3, -0.25) is 9.98 Å². The molecule has 2 rings (SSSR count). The number of guanidine groups is 1. The minimum Gasteiger partial charge on any atom is -0.357 e. The predicted molar refractivity (Wildman–Crippen MR) is 104 cm³/mol. The van der Waals surface area contributed by atoms with E-state index in [0.717, 1.165) is 29.9 Å². The second-order valence-corrected chi connectivity index (χ2v) is 6.55. The van der Waals surface area contributed by atoms with Crippen molar-refractivity contribution >= 4 is 21.9 Å². The van der Waals surface area contributed by atoms with E-state index in [9.17, 15) is 0 Å². The topological polar surface area (TPSA) is 49.3 Å². The molecule has 0 aliphatic heterocycles. The molecule has 1 aromatic heterocycles. The van der Waals surface area contributed by atoms with Crippen LogP contribution in [0.1, 0.15) is 36.6 Å². The highest BCUT2D eigenvalue weighted by Crippen LogP contribution is 2.22. The van der Waals surface area contributed by atoms with Gasteiger partial charge in [0.05, 0.1) is 6.04 Å². The summed E-state index contributed by atoms with van der Waals surface area (Å²) in [4.78, 5) is 8.84. The van der Waals surface area contributed by atoms with Gasteiger partial charge in [0.15, 0.2) is 5.96 Å². The van der Waals surface area contributed by atoms with Gasteiger partial charge in [-0.15, -0.1) is 0 Å². The summed E-state index contributed by atoms with van der Waals surface area (Å²) in [5.41, 5.74) is 3.73. The number of hydrogen-bond acceptors (Lipinski definition) is 2. The molecule has 0 saturated heterocycles. The molecule has 2 aromatic rings. The van der Waals surface area contributed by atoms with Gasteiger partial charge in [-0.05, 0) is 56.0 Å². The third-order valence-corrected chi connectivity index (χ3v) is 4.58. The maximum Gasteiger partial charge on any atom is 0.191 e. The van der Waals surface area contributed by atoms with Crippen LogP contribution < -0.4 is 10.6 Å². The number of aryl methyl sites for hydroxylation is 1. The highest BCUT2D eigenvalue weighted by molar-refractivity contribution is 9.10. The molecule has 24 heavy (non-hydrogen) atoms. The highest BCUT2D eigenvalue weighted by atomic mass is 79.9. The normalized spacial score (nSPS) is 12.8. The number of aromatic nitrogens is 1. The third-order valence-electron chi connectivity index (χ3n) is 3.86. The van der Waals surface area contributed by atoms with Crippen LogP contribution in [0.5, 0.6) is 0 Å². The van der Waals surface area contributed by atoms with Crippen LogP contribution in [-0.2, 0) is 6.42 Å². The molecule has 0 spiro atoms. The summed E-state index contributed by atoms with van der Waals surface area (Å²) < 4.78 is 1.10.